The van der Waals surface area contributed by atoms with Crippen LogP contribution in [0.15, 0.2) is 18.2 Å². The summed E-state index contributed by atoms with van der Waals surface area (Å²) < 4.78 is 38.9. The molecule has 1 saturated heterocycles. The van der Waals surface area contributed by atoms with Gasteiger partial charge >= 0.3 is 6.18 Å². The van der Waals surface area contributed by atoms with E-state index in [1.165, 1.54) is 18.2 Å². The molecule has 4 amide bonds. The Balaban J connectivity index is 1.52. The molecule has 0 radical (unpaired) electrons. The predicted molar refractivity (Wildman–Crippen MR) is 126 cm³/mol. The molecule has 1 aliphatic heterocycles. The summed E-state index contributed by atoms with van der Waals surface area (Å²) in [6, 6.07) is 2.38. The van der Waals surface area contributed by atoms with E-state index in [0.717, 1.165) is 12.8 Å². The van der Waals surface area contributed by atoms with E-state index in [-0.39, 0.29) is 47.5 Å². The molecule has 3 aliphatic rings. The zero-order valence-electron chi connectivity index (χ0n) is 19.7. The first kappa shape index (κ1) is 26.9. The second-order valence-corrected chi connectivity index (χ2v) is 10.3. The zero-order valence-corrected chi connectivity index (χ0v) is 20.4. The number of hydrogen-bond donors (Lipinski definition) is 4. The van der Waals surface area contributed by atoms with Crippen LogP contribution in [0.2, 0.25) is 5.02 Å². The molecule has 1 unspecified atom stereocenters. The molecule has 0 aromatic heterocycles. The van der Waals surface area contributed by atoms with E-state index in [0.29, 0.717) is 13.0 Å². The summed E-state index contributed by atoms with van der Waals surface area (Å²) >= 11 is 6.03. The Morgan fingerprint density at radius 2 is 1.84 bits per heavy atom. The first-order valence-corrected chi connectivity index (χ1v) is 12.4. The van der Waals surface area contributed by atoms with Crippen molar-refractivity contribution in [3.05, 3.63) is 28.8 Å². The number of amides is 4. The Morgan fingerprint density at radius 1 is 1.14 bits per heavy atom. The number of benzene rings is 1. The fourth-order valence-corrected chi connectivity index (χ4v) is 4.52. The number of rotatable bonds is 10. The molecule has 0 spiro atoms. The van der Waals surface area contributed by atoms with Crippen molar-refractivity contribution >= 4 is 46.7 Å². The monoisotopic (exact) mass is 542 g/mol. The third-order valence-electron chi connectivity index (χ3n) is 6.79. The number of ketones is 1. The van der Waals surface area contributed by atoms with Gasteiger partial charge in [-0.25, -0.2) is 0 Å². The Labute approximate surface area is 215 Å². The normalized spacial score (nSPS) is 21.0. The van der Waals surface area contributed by atoms with E-state index < -0.39 is 53.5 Å². The number of halogens is 4. The summed E-state index contributed by atoms with van der Waals surface area (Å²) in [6.45, 7) is 0.400. The standard InChI is InChI=1S/C24H26ClF3N4O5/c25-13-1-4-16(32-22(37)23(6-7-23)11-24(26,27)28)15(10-13)20(35)31-17(9-12-5-8-29-19(12)34)18(33)21(36)30-14-2-3-14/h1,4,10,12,14,17H,2-3,5-9,11H2,(H,29,34)(H,30,36)(H,31,35)(H,32,37)/t12-,17?/m0/s1. The van der Waals surface area contributed by atoms with Gasteiger partial charge in [0.1, 0.15) is 0 Å². The number of anilines is 1. The van der Waals surface area contributed by atoms with Crippen LogP contribution in [-0.2, 0) is 19.2 Å². The van der Waals surface area contributed by atoms with Crippen LogP contribution in [0.1, 0.15) is 55.3 Å². The zero-order chi connectivity index (χ0) is 27.0. The fourth-order valence-electron chi connectivity index (χ4n) is 4.35. The summed E-state index contributed by atoms with van der Waals surface area (Å²) in [5, 5.41) is 10.2. The minimum Gasteiger partial charge on any atom is -0.356 e. The number of Topliss-reactive ketones (excluding diaryl/α,β-unsaturated/α-hetero) is 1. The van der Waals surface area contributed by atoms with Crippen LogP contribution < -0.4 is 21.3 Å². The average Bonchev–Trinajstić information content (AvgIpc) is 3.74. The van der Waals surface area contributed by atoms with E-state index in [4.69, 9.17) is 11.6 Å². The first-order chi connectivity index (χ1) is 17.4. The van der Waals surface area contributed by atoms with Gasteiger partial charge in [-0.2, -0.15) is 13.2 Å². The highest BCUT2D eigenvalue weighted by Crippen LogP contribution is 2.53. The molecule has 3 fully saturated rings. The van der Waals surface area contributed by atoms with Crippen LogP contribution in [0.4, 0.5) is 18.9 Å². The summed E-state index contributed by atoms with van der Waals surface area (Å²) in [5.41, 5.74) is -1.88. The number of carbonyl (C=O) groups is 5. The van der Waals surface area contributed by atoms with Crippen molar-refractivity contribution in [2.24, 2.45) is 11.3 Å². The molecule has 4 N–H and O–H groups in total. The van der Waals surface area contributed by atoms with Gasteiger partial charge in [-0.3, -0.25) is 24.0 Å². The molecular formula is C24H26ClF3N4O5. The molecule has 2 aliphatic carbocycles. The maximum atomic E-state index is 13.2. The third kappa shape index (κ3) is 6.79. The molecule has 9 nitrogen and oxygen atoms in total. The summed E-state index contributed by atoms with van der Waals surface area (Å²) in [4.78, 5) is 63.4. The van der Waals surface area contributed by atoms with E-state index in [1.54, 1.807) is 0 Å². The van der Waals surface area contributed by atoms with Gasteiger partial charge in [-0.1, -0.05) is 11.6 Å². The summed E-state index contributed by atoms with van der Waals surface area (Å²) in [7, 11) is 0. The lowest BCUT2D eigenvalue weighted by atomic mass is 9.95. The van der Waals surface area contributed by atoms with Crippen LogP contribution >= 0.6 is 11.6 Å². The Bertz CT molecular complexity index is 1130. The molecule has 2 atom stereocenters. The maximum absolute atomic E-state index is 13.2. The molecule has 200 valence electrons. The topological polar surface area (TPSA) is 133 Å². The van der Waals surface area contributed by atoms with E-state index in [1.807, 2.05) is 0 Å². The van der Waals surface area contributed by atoms with Crippen molar-refractivity contribution < 1.29 is 37.1 Å². The van der Waals surface area contributed by atoms with Crippen molar-refractivity contribution in [2.45, 2.75) is 63.2 Å². The summed E-state index contributed by atoms with van der Waals surface area (Å²) in [5.74, 6) is -4.46. The molecule has 1 aromatic carbocycles. The largest absolute Gasteiger partial charge is 0.390 e. The lowest BCUT2D eigenvalue weighted by Crippen LogP contribution is -2.49. The van der Waals surface area contributed by atoms with Gasteiger partial charge in [0.05, 0.1) is 29.1 Å². The lowest BCUT2D eigenvalue weighted by molar-refractivity contribution is -0.155. The smallest absolute Gasteiger partial charge is 0.356 e. The van der Waals surface area contributed by atoms with E-state index in [2.05, 4.69) is 21.3 Å². The molecule has 37 heavy (non-hydrogen) atoms. The highest BCUT2D eigenvalue weighted by Gasteiger charge is 2.56. The molecule has 4 rings (SSSR count). The third-order valence-corrected chi connectivity index (χ3v) is 7.02. The minimum atomic E-state index is -4.53. The van der Waals surface area contributed by atoms with Crippen molar-refractivity contribution in [2.75, 3.05) is 11.9 Å². The number of carbonyl (C=O) groups excluding carboxylic acids is 5. The van der Waals surface area contributed by atoms with Crippen LogP contribution in [0.5, 0.6) is 0 Å². The van der Waals surface area contributed by atoms with Crippen molar-refractivity contribution in [3.8, 4) is 0 Å². The van der Waals surface area contributed by atoms with Crippen molar-refractivity contribution in [3.63, 3.8) is 0 Å². The molecule has 13 heteroatoms. The second kappa shape index (κ2) is 10.3. The van der Waals surface area contributed by atoms with E-state index in [9.17, 15) is 37.1 Å². The van der Waals surface area contributed by atoms with Gasteiger partial charge in [0.2, 0.25) is 17.6 Å². The van der Waals surface area contributed by atoms with Gasteiger partial charge in [-0.15, -0.1) is 0 Å². The van der Waals surface area contributed by atoms with Crippen molar-refractivity contribution in [1.29, 1.82) is 0 Å². The first-order valence-electron chi connectivity index (χ1n) is 12.0. The Kier molecular flexibility index (Phi) is 7.50. The number of hydrogen-bond acceptors (Lipinski definition) is 5. The second-order valence-electron chi connectivity index (χ2n) is 9.87. The quantitative estimate of drug-likeness (QED) is 0.337. The molecule has 2 saturated carbocycles. The van der Waals surface area contributed by atoms with Crippen LogP contribution in [0, 0.1) is 11.3 Å². The van der Waals surface area contributed by atoms with Gasteiger partial charge in [-0.05, 0) is 56.7 Å². The van der Waals surface area contributed by atoms with Crippen LogP contribution in [-0.4, -0.2) is 54.2 Å². The average molecular weight is 543 g/mol. The fraction of sp³-hybridized carbons (Fsp3) is 0.542. The number of nitrogens with one attached hydrogen (secondary N) is 4. The van der Waals surface area contributed by atoms with Gasteiger partial charge in [0, 0.05) is 23.5 Å². The van der Waals surface area contributed by atoms with Crippen molar-refractivity contribution in [1.82, 2.24) is 16.0 Å². The molecular weight excluding hydrogens is 517 g/mol. The summed E-state index contributed by atoms with van der Waals surface area (Å²) in [6.07, 6.45) is -3.92. The van der Waals surface area contributed by atoms with Gasteiger partial charge in [0.15, 0.2) is 0 Å². The van der Waals surface area contributed by atoms with Gasteiger partial charge in [0.25, 0.3) is 11.8 Å². The molecule has 1 aromatic rings. The molecule has 1 heterocycles. The van der Waals surface area contributed by atoms with Gasteiger partial charge < -0.3 is 21.3 Å². The highest BCUT2D eigenvalue weighted by molar-refractivity contribution is 6.38. The van der Waals surface area contributed by atoms with Crippen LogP contribution in [0.3, 0.4) is 0 Å². The van der Waals surface area contributed by atoms with E-state index >= 15 is 0 Å². The SMILES string of the molecule is O=C(NC1CC1)C(=O)C(C[C@@H]1CCNC1=O)NC(=O)c1cc(Cl)ccc1NC(=O)C1(CC(F)(F)F)CC1. The predicted octanol–water partition coefficient (Wildman–Crippen LogP) is 2.48. The minimum absolute atomic E-state index is 0.0591. The Hall–Kier alpha value is -3.15. The Morgan fingerprint density at radius 3 is 2.41 bits per heavy atom. The molecule has 0 bridgehead atoms. The van der Waals surface area contributed by atoms with Crippen LogP contribution in [0.25, 0.3) is 0 Å². The maximum Gasteiger partial charge on any atom is 0.390 e. The number of alkyl halides is 3. The lowest BCUT2D eigenvalue weighted by Gasteiger charge is -2.21. The highest BCUT2D eigenvalue weighted by atomic mass is 35.5.